The number of thioether (sulfide) groups is 1. The van der Waals surface area contributed by atoms with Crippen LogP contribution in [0.5, 0.6) is 5.75 Å². The second kappa shape index (κ2) is 7.72. The van der Waals surface area contributed by atoms with Gasteiger partial charge in [0.25, 0.3) is 5.22 Å². The Hall–Kier alpha value is -2.99. The smallest absolute Gasteiger partial charge is 0.261 e. The Bertz CT molecular complexity index is 895. The normalized spacial score (nSPS) is 11.4. The van der Waals surface area contributed by atoms with Crippen molar-refractivity contribution in [2.24, 2.45) is 0 Å². The molecule has 0 aliphatic heterocycles. The van der Waals surface area contributed by atoms with Crippen molar-refractivity contribution in [1.29, 1.82) is 0 Å². The fourth-order valence-electron chi connectivity index (χ4n) is 2.09. The van der Waals surface area contributed by atoms with Crippen LogP contribution in [-0.2, 0) is 4.79 Å². The fraction of sp³-hybridized carbons (Fsp3) is 0.0526. The maximum absolute atomic E-state index is 11.4. The van der Waals surface area contributed by atoms with Crippen LogP contribution in [0.25, 0.3) is 17.2 Å². The molecule has 0 saturated heterocycles. The Balaban J connectivity index is 1.81. The van der Waals surface area contributed by atoms with E-state index in [4.69, 9.17) is 9.15 Å². The lowest BCUT2D eigenvalue weighted by Crippen LogP contribution is -2.22. The van der Waals surface area contributed by atoms with Crippen molar-refractivity contribution < 1.29 is 19.1 Å². The first kappa shape index (κ1) is 16.9. The number of carbonyl (C=O) groups is 1. The molecular weight excluding hydrogens is 338 g/mol. The van der Waals surface area contributed by atoms with E-state index in [2.05, 4.69) is 11.6 Å². The first-order chi connectivity index (χ1) is 12.2. The maximum atomic E-state index is 11.4. The predicted octanol–water partition coefficient (Wildman–Crippen LogP) is 3.28. The van der Waals surface area contributed by atoms with E-state index in [9.17, 15) is 9.90 Å². The minimum atomic E-state index is -1.29. The van der Waals surface area contributed by atoms with Gasteiger partial charge in [-0.15, -0.1) is 0 Å². The van der Waals surface area contributed by atoms with Gasteiger partial charge in [0.05, 0.1) is 5.97 Å². The average Bonchev–Trinajstić information content (AvgIpc) is 3.03. The predicted molar refractivity (Wildman–Crippen MR) is 95.0 cm³/mol. The van der Waals surface area contributed by atoms with Crippen LogP contribution in [-0.4, -0.2) is 17.6 Å². The molecule has 0 saturated carbocycles. The van der Waals surface area contributed by atoms with Gasteiger partial charge >= 0.3 is 0 Å². The molecule has 0 unspecified atom stereocenters. The van der Waals surface area contributed by atoms with Crippen LogP contribution < -0.4 is 9.84 Å². The number of para-hydroxylation sites is 2. The fourth-order valence-corrected chi connectivity index (χ4v) is 2.83. The van der Waals surface area contributed by atoms with E-state index >= 15 is 0 Å². The first-order valence-corrected chi connectivity index (χ1v) is 8.27. The van der Waals surface area contributed by atoms with Gasteiger partial charge in [0.2, 0.25) is 0 Å². The Morgan fingerprint density at radius 3 is 2.68 bits per heavy atom. The number of benzene rings is 2. The van der Waals surface area contributed by atoms with Gasteiger partial charge in [-0.05, 0) is 47.7 Å². The van der Waals surface area contributed by atoms with Crippen molar-refractivity contribution in [2.45, 2.75) is 5.22 Å². The molecule has 5 nitrogen and oxygen atoms in total. The molecule has 0 radical (unpaired) electrons. The molecule has 3 rings (SSSR count). The number of oxazole rings is 1. The number of carboxylic acids is 1. The molecule has 6 heteroatoms. The summed E-state index contributed by atoms with van der Waals surface area (Å²) >= 11 is 0.912. The van der Waals surface area contributed by atoms with E-state index in [-0.39, 0.29) is 10.1 Å². The third kappa shape index (κ3) is 4.30. The van der Waals surface area contributed by atoms with Crippen molar-refractivity contribution in [3.05, 3.63) is 71.7 Å². The van der Waals surface area contributed by atoms with Crippen LogP contribution in [0.3, 0.4) is 0 Å². The summed E-state index contributed by atoms with van der Waals surface area (Å²) in [5.41, 5.74) is 1.98. The van der Waals surface area contributed by atoms with Gasteiger partial charge in [0.1, 0.15) is 17.9 Å². The van der Waals surface area contributed by atoms with Gasteiger partial charge in [-0.3, -0.25) is 0 Å². The number of carboxylic acid groups (broad SMARTS) is 1. The average molecular weight is 352 g/mol. The van der Waals surface area contributed by atoms with Crippen molar-refractivity contribution >= 4 is 34.9 Å². The SMILES string of the molecule is C=CCOc1ccc(/C=C(/Sc2nc3ccccc3o2)C(=O)[O-])cc1. The molecule has 0 N–H and O–H groups in total. The zero-order valence-electron chi connectivity index (χ0n) is 13.2. The maximum Gasteiger partial charge on any atom is 0.261 e. The number of carbonyl (C=O) groups excluding carboxylic acids is 1. The van der Waals surface area contributed by atoms with Crippen LogP contribution >= 0.6 is 11.8 Å². The van der Waals surface area contributed by atoms with E-state index in [0.717, 1.165) is 11.8 Å². The van der Waals surface area contributed by atoms with Crippen LogP contribution in [0.15, 0.2) is 75.7 Å². The Morgan fingerprint density at radius 2 is 2.00 bits per heavy atom. The topological polar surface area (TPSA) is 75.4 Å². The summed E-state index contributed by atoms with van der Waals surface area (Å²) in [4.78, 5) is 15.7. The molecule has 0 amide bonds. The van der Waals surface area contributed by atoms with Gasteiger partial charge in [0.15, 0.2) is 5.58 Å². The molecule has 0 aliphatic carbocycles. The van der Waals surface area contributed by atoms with E-state index in [1.807, 2.05) is 12.1 Å². The highest BCUT2D eigenvalue weighted by atomic mass is 32.2. The highest BCUT2D eigenvalue weighted by Gasteiger charge is 2.10. The minimum absolute atomic E-state index is 0.00585. The Labute approximate surface area is 148 Å². The van der Waals surface area contributed by atoms with Crippen molar-refractivity contribution in [2.75, 3.05) is 6.61 Å². The molecule has 1 heterocycles. The van der Waals surface area contributed by atoms with Gasteiger partial charge in [0, 0.05) is 4.91 Å². The number of fused-ring (bicyclic) bond motifs is 1. The Morgan fingerprint density at radius 1 is 1.24 bits per heavy atom. The van der Waals surface area contributed by atoms with E-state index in [1.165, 1.54) is 6.08 Å². The van der Waals surface area contributed by atoms with Gasteiger partial charge in [-0.1, -0.05) is 36.9 Å². The second-order valence-corrected chi connectivity index (χ2v) is 6.01. The third-order valence-electron chi connectivity index (χ3n) is 3.22. The highest BCUT2D eigenvalue weighted by molar-refractivity contribution is 8.03. The number of nitrogens with zero attached hydrogens (tertiary/aromatic N) is 1. The molecule has 0 fully saturated rings. The highest BCUT2D eigenvalue weighted by Crippen LogP contribution is 2.30. The number of rotatable bonds is 7. The molecule has 0 bridgehead atoms. The summed E-state index contributed by atoms with van der Waals surface area (Å²) in [6.07, 6.45) is 3.16. The lowest BCUT2D eigenvalue weighted by Gasteiger charge is -2.07. The number of hydrogen-bond donors (Lipinski definition) is 0. The van der Waals surface area contributed by atoms with Crippen molar-refractivity contribution in [3.63, 3.8) is 0 Å². The molecule has 1 aromatic heterocycles. The lowest BCUT2D eigenvalue weighted by atomic mass is 10.2. The Kier molecular flexibility index (Phi) is 5.20. The quantitative estimate of drug-likeness (QED) is 0.369. The van der Waals surface area contributed by atoms with Gasteiger partial charge in [-0.2, -0.15) is 0 Å². The van der Waals surface area contributed by atoms with Gasteiger partial charge < -0.3 is 19.1 Å². The largest absolute Gasteiger partial charge is 0.544 e. The zero-order chi connectivity index (χ0) is 17.6. The molecular formula is C19H14NO4S-. The summed E-state index contributed by atoms with van der Waals surface area (Å²) in [5, 5.41) is 11.7. The lowest BCUT2D eigenvalue weighted by molar-refractivity contribution is -0.298. The molecule has 126 valence electrons. The van der Waals surface area contributed by atoms with Crippen LogP contribution in [0.1, 0.15) is 5.56 Å². The molecule has 0 atom stereocenters. The zero-order valence-corrected chi connectivity index (χ0v) is 14.0. The minimum Gasteiger partial charge on any atom is -0.544 e. The van der Waals surface area contributed by atoms with Crippen LogP contribution in [0, 0.1) is 0 Å². The summed E-state index contributed by atoms with van der Waals surface area (Å²) in [6, 6.07) is 14.3. The van der Waals surface area contributed by atoms with Crippen LogP contribution in [0.2, 0.25) is 0 Å². The molecule has 3 aromatic rings. The molecule has 25 heavy (non-hydrogen) atoms. The number of aromatic nitrogens is 1. The standard InChI is InChI=1S/C19H15NO4S/c1-2-11-23-14-9-7-13(8-10-14)12-17(18(21)22)25-19-20-15-5-3-4-6-16(15)24-19/h2-10,12H,1,11H2,(H,21,22)/p-1/b17-12+. The summed E-state index contributed by atoms with van der Waals surface area (Å²) in [6.45, 7) is 3.99. The summed E-state index contributed by atoms with van der Waals surface area (Å²) < 4.78 is 10.9. The number of aliphatic carboxylic acids is 1. The van der Waals surface area contributed by atoms with Gasteiger partial charge in [-0.25, -0.2) is 4.98 Å². The molecule has 0 aliphatic rings. The second-order valence-electron chi connectivity index (χ2n) is 5.01. The third-order valence-corrected chi connectivity index (χ3v) is 4.07. The monoisotopic (exact) mass is 352 g/mol. The molecule has 2 aromatic carbocycles. The first-order valence-electron chi connectivity index (χ1n) is 7.46. The number of hydrogen-bond acceptors (Lipinski definition) is 6. The van der Waals surface area contributed by atoms with Crippen LogP contribution in [0.4, 0.5) is 0 Å². The summed E-state index contributed by atoms with van der Waals surface area (Å²) in [7, 11) is 0. The van der Waals surface area contributed by atoms with E-state index in [0.29, 0.717) is 29.0 Å². The van der Waals surface area contributed by atoms with Crippen molar-refractivity contribution in [3.8, 4) is 5.75 Å². The summed E-state index contributed by atoms with van der Waals surface area (Å²) in [5.74, 6) is -0.613. The van der Waals surface area contributed by atoms with E-state index in [1.54, 1.807) is 42.5 Å². The number of ether oxygens (including phenoxy) is 1. The molecule has 0 spiro atoms. The van der Waals surface area contributed by atoms with E-state index < -0.39 is 5.97 Å². The van der Waals surface area contributed by atoms with Crippen molar-refractivity contribution in [1.82, 2.24) is 4.98 Å².